The number of halogens is 1. The first-order valence-electron chi connectivity index (χ1n) is 12.6. The van der Waals surface area contributed by atoms with E-state index < -0.39 is 6.04 Å². The van der Waals surface area contributed by atoms with E-state index in [4.69, 9.17) is 16.3 Å². The van der Waals surface area contributed by atoms with E-state index >= 15 is 0 Å². The molecule has 0 aliphatic rings. The van der Waals surface area contributed by atoms with Crippen molar-refractivity contribution in [3.8, 4) is 5.75 Å². The molecule has 0 aliphatic heterocycles. The number of nitrogens with one attached hydrogen (secondary N) is 1. The Morgan fingerprint density at radius 2 is 1.62 bits per heavy atom. The van der Waals surface area contributed by atoms with Gasteiger partial charge in [0.2, 0.25) is 11.8 Å². The minimum absolute atomic E-state index is 0.0694. The van der Waals surface area contributed by atoms with Crippen LogP contribution in [-0.2, 0) is 28.3 Å². The second-order valence-corrected chi connectivity index (χ2v) is 10.3. The number of benzene rings is 3. The Morgan fingerprint density at radius 1 is 0.946 bits per heavy atom. The molecule has 0 spiro atoms. The molecule has 37 heavy (non-hydrogen) atoms. The Hall–Kier alpha value is -2.96. The fraction of sp³-hybridized carbons (Fsp3) is 0.333. The van der Waals surface area contributed by atoms with Gasteiger partial charge in [-0.25, -0.2) is 0 Å². The van der Waals surface area contributed by atoms with Crippen LogP contribution < -0.4 is 10.1 Å². The van der Waals surface area contributed by atoms with E-state index in [2.05, 4.69) is 12.2 Å². The molecule has 196 valence electrons. The van der Waals surface area contributed by atoms with Crippen molar-refractivity contribution < 1.29 is 14.3 Å². The van der Waals surface area contributed by atoms with Gasteiger partial charge in [-0.2, -0.15) is 0 Å². The van der Waals surface area contributed by atoms with Crippen LogP contribution in [0.15, 0.2) is 78.9 Å². The molecule has 0 bridgehead atoms. The molecule has 0 radical (unpaired) electrons. The largest absolute Gasteiger partial charge is 0.497 e. The van der Waals surface area contributed by atoms with E-state index in [-0.39, 0.29) is 17.6 Å². The lowest BCUT2D eigenvalue weighted by Crippen LogP contribution is -2.51. The maximum atomic E-state index is 13.7. The molecule has 0 saturated heterocycles. The van der Waals surface area contributed by atoms with Crippen LogP contribution in [0.5, 0.6) is 5.75 Å². The van der Waals surface area contributed by atoms with Crippen LogP contribution in [0.2, 0.25) is 5.02 Å². The summed E-state index contributed by atoms with van der Waals surface area (Å²) in [5.41, 5.74) is 3.05. The molecule has 2 amide bonds. The quantitative estimate of drug-likeness (QED) is 0.250. The summed E-state index contributed by atoms with van der Waals surface area (Å²) in [6.45, 7) is 3.01. The van der Waals surface area contributed by atoms with Gasteiger partial charge < -0.3 is 15.0 Å². The highest BCUT2D eigenvalue weighted by Crippen LogP contribution is 2.20. The summed E-state index contributed by atoms with van der Waals surface area (Å²) in [4.78, 5) is 28.8. The molecule has 0 fully saturated rings. The van der Waals surface area contributed by atoms with Gasteiger partial charge in [-0.05, 0) is 47.4 Å². The van der Waals surface area contributed by atoms with Crippen LogP contribution in [-0.4, -0.2) is 42.2 Å². The van der Waals surface area contributed by atoms with Gasteiger partial charge in [-0.1, -0.05) is 79.5 Å². The lowest BCUT2D eigenvalue weighted by atomic mass is 10.0. The van der Waals surface area contributed by atoms with E-state index in [9.17, 15) is 9.59 Å². The second-order valence-electron chi connectivity index (χ2n) is 8.84. The molecule has 7 heteroatoms. The highest BCUT2D eigenvalue weighted by Gasteiger charge is 2.30. The van der Waals surface area contributed by atoms with Crippen LogP contribution in [0, 0.1) is 0 Å². The Kier molecular flexibility index (Phi) is 11.9. The monoisotopic (exact) mass is 538 g/mol. The molecule has 3 aromatic carbocycles. The van der Waals surface area contributed by atoms with Crippen LogP contribution >= 0.6 is 23.4 Å². The minimum atomic E-state index is -0.621. The third-order valence-corrected chi connectivity index (χ3v) is 7.26. The number of carbonyl (C=O) groups excluding carboxylic acids is 2. The van der Waals surface area contributed by atoms with Gasteiger partial charge in [0.15, 0.2) is 0 Å². The lowest BCUT2D eigenvalue weighted by Gasteiger charge is -2.31. The van der Waals surface area contributed by atoms with Crippen molar-refractivity contribution in [2.45, 2.75) is 44.5 Å². The molecule has 5 nitrogen and oxygen atoms in total. The zero-order chi connectivity index (χ0) is 26.5. The molecule has 0 aliphatic carbocycles. The van der Waals surface area contributed by atoms with Crippen LogP contribution in [0.1, 0.15) is 36.5 Å². The molecule has 0 heterocycles. The normalized spacial score (nSPS) is 11.5. The smallest absolute Gasteiger partial charge is 0.243 e. The van der Waals surface area contributed by atoms with Crippen molar-refractivity contribution in [3.63, 3.8) is 0 Å². The second kappa shape index (κ2) is 15.3. The maximum absolute atomic E-state index is 13.7. The average Bonchev–Trinajstić information content (AvgIpc) is 2.92. The van der Waals surface area contributed by atoms with Gasteiger partial charge >= 0.3 is 0 Å². The molecule has 1 N–H and O–H groups in total. The molecule has 3 aromatic rings. The SMILES string of the molecule is CCCCNC(=O)[C@H](Cc1ccccc1)N(Cc1ccc(Cl)cc1)C(=O)CSCc1ccc(OC)cc1. The van der Waals surface area contributed by atoms with Crippen molar-refractivity contribution in [2.24, 2.45) is 0 Å². The summed E-state index contributed by atoms with van der Waals surface area (Å²) in [7, 11) is 1.64. The van der Waals surface area contributed by atoms with Gasteiger partial charge in [-0.3, -0.25) is 9.59 Å². The fourth-order valence-corrected chi connectivity index (χ4v) is 4.90. The summed E-state index contributed by atoms with van der Waals surface area (Å²) < 4.78 is 5.23. The van der Waals surface area contributed by atoms with Gasteiger partial charge in [0, 0.05) is 30.3 Å². The Balaban J connectivity index is 1.80. The molecule has 0 aromatic heterocycles. The van der Waals surface area contributed by atoms with E-state index in [1.54, 1.807) is 23.8 Å². The van der Waals surface area contributed by atoms with Gasteiger partial charge in [0.25, 0.3) is 0 Å². The lowest BCUT2D eigenvalue weighted by molar-refractivity contribution is -0.139. The van der Waals surface area contributed by atoms with Crippen molar-refractivity contribution >= 4 is 35.2 Å². The Labute approximate surface area is 229 Å². The zero-order valence-corrected chi connectivity index (χ0v) is 23.1. The van der Waals surface area contributed by atoms with E-state index in [1.807, 2.05) is 78.9 Å². The van der Waals surface area contributed by atoms with Gasteiger partial charge in [-0.15, -0.1) is 11.8 Å². The van der Waals surface area contributed by atoms with E-state index in [1.165, 1.54) is 0 Å². The predicted octanol–water partition coefficient (Wildman–Crippen LogP) is 6.14. The number of carbonyl (C=O) groups is 2. The number of hydrogen-bond donors (Lipinski definition) is 1. The first-order valence-corrected chi connectivity index (χ1v) is 14.1. The Bertz CT molecular complexity index is 1110. The summed E-state index contributed by atoms with van der Waals surface area (Å²) in [6.07, 6.45) is 2.33. The van der Waals surface area contributed by atoms with Crippen LogP contribution in [0.4, 0.5) is 0 Å². The number of rotatable bonds is 14. The van der Waals surface area contributed by atoms with Crippen molar-refractivity contribution in [1.82, 2.24) is 10.2 Å². The first-order chi connectivity index (χ1) is 18.0. The number of hydrogen-bond acceptors (Lipinski definition) is 4. The number of ether oxygens (including phenoxy) is 1. The third-order valence-electron chi connectivity index (χ3n) is 6.02. The number of methoxy groups -OCH3 is 1. The summed E-state index contributed by atoms with van der Waals surface area (Å²) in [5.74, 6) is 1.57. The summed E-state index contributed by atoms with van der Waals surface area (Å²) >= 11 is 7.63. The standard InChI is InChI=1S/C30H35ClN2O3S/c1-3-4-18-32-30(35)28(19-23-8-6-5-7-9-23)33(20-24-10-14-26(31)15-11-24)29(34)22-37-21-25-12-16-27(36-2)17-13-25/h5-17,28H,3-4,18-22H2,1-2H3,(H,32,35)/t28-/m0/s1. The third kappa shape index (κ3) is 9.45. The fourth-order valence-electron chi connectivity index (χ4n) is 3.91. The first kappa shape index (κ1) is 28.6. The predicted molar refractivity (Wildman–Crippen MR) is 153 cm³/mol. The molecular weight excluding hydrogens is 504 g/mol. The van der Waals surface area contributed by atoms with Crippen molar-refractivity contribution in [3.05, 3.63) is 101 Å². The number of unbranched alkanes of at least 4 members (excludes halogenated alkanes) is 1. The van der Waals surface area contributed by atoms with E-state index in [0.29, 0.717) is 30.3 Å². The zero-order valence-electron chi connectivity index (χ0n) is 21.5. The number of nitrogens with zero attached hydrogens (tertiary/aromatic N) is 1. The highest BCUT2D eigenvalue weighted by molar-refractivity contribution is 7.99. The summed E-state index contributed by atoms with van der Waals surface area (Å²) in [5, 5.41) is 3.69. The molecule has 0 unspecified atom stereocenters. The molecule has 1 atom stereocenters. The minimum Gasteiger partial charge on any atom is -0.497 e. The van der Waals surface area contributed by atoms with Crippen molar-refractivity contribution in [1.29, 1.82) is 0 Å². The average molecular weight is 539 g/mol. The highest BCUT2D eigenvalue weighted by atomic mass is 35.5. The molecule has 3 rings (SSSR count). The van der Waals surface area contributed by atoms with Gasteiger partial charge in [0.05, 0.1) is 12.9 Å². The maximum Gasteiger partial charge on any atom is 0.243 e. The van der Waals surface area contributed by atoms with Crippen LogP contribution in [0.3, 0.4) is 0 Å². The molecule has 0 saturated carbocycles. The number of thioether (sulfide) groups is 1. The van der Waals surface area contributed by atoms with E-state index in [0.717, 1.165) is 35.3 Å². The summed E-state index contributed by atoms with van der Waals surface area (Å²) in [6, 6.07) is 24.5. The Morgan fingerprint density at radius 3 is 2.27 bits per heavy atom. The van der Waals surface area contributed by atoms with Gasteiger partial charge in [0.1, 0.15) is 11.8 Å². The topological polar surface area (TPSA) is 58.6 Å². The van der Waals surface area contributed by atoms with Crippen molar-refractivity contribution in [2.75, 3.05) is 19.4 Å². The molecular formula is C30H35ClN2O3S. The number of amides is 2. The van der Waals surface area contributed by atoms with Crippen LogP contribution in [0.25, 0.3) is 0 Å².